The molecule has 0 N–H and O–H groups in total. The van der Waals surface area contributed by atoms with Crippen molar-refractivity contribution in [3.63, 3.8) is 0 Å². The van der Waals surface area contributed by atoms with Crippen LogP contribution in [0.3, 0.4) is 0 Å². The van der Waals surface area contributed by atoms with E-state index in [2.05, 4.69) is 0 Å². The van der Waals surface area contributed by atoms with Crippen LogP contribution in [0.1, 0.15) is 31.9 Å². The minimum Gasteiger partial charge on any atom is -0.288 e. The fraction of sp³-hybridized carbons (Fsp3) is 0.214. The van der Waals surface area contributed by atoms with Gasteiger partial charge in [0.15, 0.2) is 0 Å². The molecule has 0 amide bonds. The molecule has 0 bridgehead atoms. The number of benzene rings is 1. The zero-order valence-electron chi connectivity index (χ0n) is 10.0. The molecule has 0 unspecified atom stereocenters. The van der Waals surface area contributed by atoms with Crippen LogP contribution in [-0.4, -0.2) is 5.78 Å². The lowest BCUT2D eigenvalue weighted by molar-refractivity contribution is 0.104. The second-order valence-electron chi connectivity index (χ2n) is 4.18. The van der Waals surface area contributed by atoms with Crippen LogP contribution in [-0.2, 0) is 0 Å². The number of carbonyl (C=O) groups excluding carboxylic acids is 1. The van der Waals surface area contributed by atoms with Gasteiger partial charge >= 0.3 is 0 Å². The number of carbonyl (C=O) groups is 1. The predicted octanol–water partition coefficient (Wildman–Crippen LogP) is 4.56. The van der Waals surface area contributed by atoms with Gasteiger partial charge < -0.3 is 0 Å². The third-order valence-corrected chi connectivity index (χ3v) is 4.22. The van der Waals surface area contributed by atoms with E-state index in [1.165, 1.54) is 11.3 Å². The minimum atomic E-state index is 0.0191. The summed E-state index contributed by atoms with van der Waals surface area (Å²) in [6, 6.07) is 5.68. The number of aryl methyl sites for hydroxylation is 3. The van der Waals surface area contributed by atoms with E-state index in [9.17, 15) is 4.79 Å². The molecule has 0 atom stereocenters. The summed E-state index contributed by atoms with van der Waals surface area (Å²) in [5.41, 5.74) is 3.80. The third-order valence-electron chi connectivity index (χ3n) is 2.90. The van der Waals surface area contributed by atoms with E-state index in [1.807, 2.05) is 44.4 Å². The summed E-state index contributed by atoms with van der Waals surface area (Å²) in [6.45, 7) is 5.92. The lowest BCUT2D eigenvalue weighted by Gasteiger charge is -2.07. The SMILES string of the molecule is Cc1cc(Cl)c(C(=O)c2sccc2C)cc1C. The summed E-state index contributed by atoms with van der Waals surface area (Å²) >= 11 is 7.61. The molecule has 2 aromatic rings. The van der Waals surface area contributed by atoms with E-state index in [0.29, 0.717) is 10.6 Å². The molecule has 1 nitrogen and oxygen atoms in total. The summed E-state index contributed by atoms with van der Waals surface area (Å²) < 4.78 is 0. The molecule has 1 aromatic carbocycles. The molecule has 17 heavy (non-hydrogen) atoms. The molecule has 1 aromatic heterocycles. The van der Waals surface area contributed by atoms with Gasteiger partial charge in [0.05, 0.1) is 9.90 Å². The second-order valence-corrected chi connectivity index (χ2v) is 5.50. The van der Waals surface area contributed by atoms with Crippen molar-refractivity contribution in [1.82, 2.24) is 0 Å². The van der Waals surface area contributed by atoms with Gasteiger partial charge in [0, 0.05) is 5.56 Å². The Morgan fingerprint density at radius 3 is 2.35 bits per heavy atom. The van der Waals surface area contributed by atoms with Crippen molar-refractivity contribution in [2.45, 2.75) is 20.8 Å². The van der Waals surface area contributed by atoms with Gasteiger partial charge in [0.2, 0.25) is 5.78 Å². The van der Waals surface area contributed by atoms with Crippen molar-refractivity contribution in [3.8, 4) is 0 Å². The fourth-order valence-corrected chi connectivity index (χ4v) is 2.87. The van der Waals surface area contributed by atoms with Gasteiger partial charge in [-0.2, -0.15) is 0 Å². The number of rotatable bonds is 2. The minimum absolute atomic E-state index is 0.0191. The van der Waals surface area contributed by atoms with E-state index in [0.717, 1.165) is 21.6 Å². The number of hydrogen-bond donors (Lipinski definition) is 0. The zero-order valence-corrected chi connectivity index (χ0v) is 11.6. The first-order valence-corrected chi connectivity index (χ1v) is 6.62. The van der Waals surface area contributed by atoms with Crippen molar-refractivity contribution >= 4 is 28.7 Å². The lowest BCUT2D eigenvalue weighted by atomic mass is 10.0. The first-order chi connectivity index (χ1) is 8.00. The molecule has 0 aliphatic heterocycles. The molecule has 88 valence electrons. The van der Waals surface area contributed by atoms with Crippen LogP contribution in [0.4, 0.5) is 0 Å². The Morgan fingerprint density at radius 2 is 1.76 bits per heavy atom. The summed E-state index contributed by atoms with van der Waals surface area (Å²) in [4.78, 5) is 13.1. The average molecular weight is 265 g/mol. The first kappa shape index (κ1) is 12.3. The largest absolute Gasteiger partial charge is 0.288 e. The Balaban J connectivity index is 2.52. The standard InChI is InChI=1S/C14H13ClOS/c1-8-4-5-17-14(8)13(16)11-6-9(2)10(3)7-12(11)15/h4-7H,1-3H3. The maximum atomic E-state index is 12.3. The van der Waals surface area contributed by atoms with Crippen LogP contribution in [0.5, 0.6) is 0 Å². The van der Waals surface area contributed by atoms with Gasteiger partial charge in [0.25, 0.3) is 0 Å². The quantitative estimate of drug-likeness (QED) is 0.727. The topological polar surface area (TPSA) is 17.1 Å². The molecule has 0 aliphatic rings. The summed E-state index contributed by atoms with van der Waals surface area (Å²) in [5, 5.41) is 2.46. The summed E-state index contributed by atoms with van der Waals surface area (Å²) in [7, 11) is 0. The number of hydrogen-bond acceptors (Lipinski definition) is 2. The highest BCUT2D eigenvalue weighted by atomic mass is 35.5. The average Bonchev–Trinajstić information content (AvgIpc) is 2.69. The zero-order chi connectivity index (χ0) is 12.6. The molecular formula is C14H13ClOS. The molecule has 0 fully saturated rings. The monoisotopic (exact) mass is 264 g/mol. The molecule has 0 radical (unpaired) electrons. The van der Waals surface area contributed by atoms with Gasteiger partial charge in [-0.1, -0.05) is 11.6 Å². The Bertz CT molecular complexity index is 584. The molecule has 0 spiro atoms. The van der Waals surface area contributed by atoms with Gasteiger partial charge in [-0.15, -0.1) is 11.3 Å². The smallest absolute Gasteiger partial charge is 0.204 e. The summed E-state index contributed by atoms with van der Waals surface area (Å²) in [5.74, 6) is 0.0191. The fourth-order valence-electron chi connectivity index (χ4n) is 1.68. The maximum absolute atomic E-state index is 12.3. The van der Waals surface area contributed by atoms with E-state index < -0.39 is 0 Å². The van der Waals surface area contributed by atoms with Crippen molar-refractivity contribution in [2.75, 3.05) is 0 Å². The number of ketones is 1. The molecule has 0 aliphatic carbocycles. The van der Waals surface area contributed by atoms with Crippen LogP contribution < -0.4 is 0 Å². The van der Waals surface area contributed by atoms with Gasteiger partial charge in [0.1, 0.15) is 0 Å². The van der Waals surface area contributed by atoms with Crippen molar-refractivity contribution < 1.29 is 4.79 Å². The summed E-state index contributed by atoms with van der Waals surface area (Å²) in [6.07, 6.45) is 0. The lowest BCUT2D eigenvalue weighted by Crippen LogP contribution is -2.02. The molecule has 3 heteroatoms. The van der Waals surface area contributed by atoms with E-state index in [-0.39, 0.29) is 5.78 Å². The van der Waals surface area contributed by atoms with Crippen molar-refractivity contribution in [1.29, 1.82) is 0 Å². The second kappa shape index (κ2) is 4.63. The van der Waals surface area contributed by atoms with Crippen LogP contribution in [0, 0.1) is 20.8 Å². The molecule has 2 rings (SSSR count). The van der Waals surface area contributed by atoms with Gasteiger partial charge in [-0.25, -0.2) is 0 Å². The first-order valence-electron chi connectivity index (χ1n) is 5.36. The van der Waals surface area contributed by atoms with Gasteiger partial charge in [-0.3, -0.25) is 4.79 Å². The van der Waals surface area contributed by atoms with Crippen molar-refractivity contribution in [3.05, 3.63) is 55.7 Å². The molecule has 0 saturated carbocycles. The number of halogens is 1. The maximum Gasteiger partial charge on any atom is 0.204 e. The van der Waals surface area contributed by atoms with Crippen LogP contribution in [0.2, 0.25) is 5.02 Å². The number of thiophene rings is 1. The Morgan fingerprint density at radius 1 is 1.12 bits per heavy atom. The Hall–Kier alpha value is -1.12. The third kappa shape index (κ3) is 2.28. The molecular weight excluding hydrogens is 252 g/mol. The van der Waals surface area contributed by atoms with E-state index in [4.69, 9.17) is 11.6 Å². The van der Waals surface area contributed by atoms with Crippen LogP contribution in [0.25, 0.3) is 0 Å². The highest BCUT2D eigenvalue weighted by Crippen LogP contribution is 2.26. The predicted molar refractivity (Wildman–Crippen MR) is 73.4 cm³/mol. The van der Waals surface area contributed by atoms with Crippen LogP contribution >= 0.6 is 22.9 Å². The van der Waals surface area contributed by atoms with Crippen molar-refractivity contribution in [2.24, 2.45) is 0 Å². The Kier molecular flexibility index (Phi) is 3.36. The van der Waals surface area contributed by atoms with E-state index in [1.54, 1.807) is 0 Å². The van der Waals surface area contributed by atoms with Crippen LogP contribution in [0.15, 0.2) is 23.6 Å². The Labute approximate surface area is 110 Å². The van der Waals surface area contributed by atoms with Gasteiger partial charge in [-0.05, 0) is 61.0 Å². The van der Waals surface area contributed by atoms with E-state index >= 15 is 0 Å². The molecule has 0 saturated heterocycles. The highest BCUT2D eigenvalue weighted by molar-refractivity contribution is 7.12. The molecule has 1 heterocycles. The normalized spacial score (nSPS) is 10.6. The highest BCUT2D eigenvalue weighted by Gasteiger charge is 2.16.